The largest absolute Gasteiger partial charge is 0.380 e. The first kappa shape index (κ1) is 18.1. The summed E-state index contributed by atoms with van der Waals surface area (Å²) in [7, 11) is 0. The Bertz CT molecular complexity index is 788. The lowest BCUT2D eigenvalue weighted by atomic mass is 9.97. The highest BCUT2D eigenvalue weighted by molar-refractivity contribution is 5.94. The summed E-state index contributed by atoms with van der Waals surface area (Å²) in [6.07, 6.45) is 11.2. The van der Waals surface area contributed by atoms with Crippen molar-refractivity contribution in [3.63, 3.8) is 0 Å². The van der Waals surface area contributed by atoms with Gasteiger partial charge in [0, 0.05) is 31.0 Å². The van der Waals surface area contributed by atoms with Gasteiger partial charge < -0.3 is 10.6 Å². The molecule has 0 atom stereocenters. The number of rotatable bonds is 7. The fraction of sp³-hybridized carbons (Fsp3) is 0.333. The van der Waals surface area contributed by atoms with Crippen molar-refractivity contribution in [2.45, 2.75) is 38.6 Å². The van der Waals surface area contributed by atoms with Crippen LogP contribution in [0.15, 0.2) is 54.4 Å². The molecule has 5 heteroatoms. The Morgan fingerprint density at radius 2 is 2.08 bits per heavy atom. The molecule has 1 aliphatic rings. The number of hydrogen-bond donors (Lipinski definition) is 2. The molecule has 1 aromatic heterocycles. The van der Waals surface area contributed by atoms with Crippen molar-refractivity contribution in [3.05, 3.63) is 71.3 Å². The van der Waals surface area contributed by atoms with E-state index in [-0.39, 0.29) is 11.7 Å². The minimum absolute atomic E-state index is 0.136. The van der Waals surface area contributed by atoms with Gasteiger partial charge in [-0.15, -0.1) is 0 Å². The fourth-order valence-electron chi connectivity index (χ4n) is 3.07. The van der Waals surface area contributed by atoms with Crippen molar-refractivity contribution in [1.82, 2.24) is 10.3 Å². The van der Waals surface area contributed by atoms with Crippen LogP contribution in [0.3, 0.4) is 0 Å². The van der Waals surface area contributed by atoms with E-state index in [9.17, 15) is 9.18 Å². The summed E-state index contributed by atoms with van der Waals surface area (Å²) in [5.41, 5.74) is 3.20. The van der Waals surface area contributed by atoms with E-state index in [1.165, 1.54) is 24.5 Å². The van der Waals surface area contributed by atoms with Crippen LogP contribution in [0.25, 0.3) is 0 Å². The second kappa shape index (κ2) is 9.13. The zero-order valence-corrected chi connectivity index (χ0v) is 14.8. The summed E-state index contributed by atoms with van der Waals surface area (Å²) in [5.74, 6) is -0.387. The molecule has 0 saturated carbocycles. The van der Waals surface area contributed by atoms with E-state index in [0.717, 1.165) is 19.3 Å². The van der Waals surface area contributed by atoms with Crippen LogP contribution < -0.4 is 10.6 Å². The zero-order valence-electron chi connectivity index (χ0n) is 14.8. The first-order valence-electron chi connectivity index (χ1n) is 9.11. The second-order valence-electron chi connectivity index (χ2n) is 6.52. The van der Waals surface area contributed by atoms with Gasteiger partial charge in [-0.2, -0.15) is 0 Å². The lowest BCUT2D eigenvalue weighted by Crippen LogP contribution is -2.25. The summed E-state index contributed by atoms with van der Waals surface area (Å²) < 4.78 is 13.7. The number of amides is 1. The van der Waals surface area contributed by atoms with E-state index < -0.39 is 0 Å². The average Bonchev–Trinajstić information content (AvgIpc) is 2.68. The SMILES string of the molecule is O=C(NCCC1=CCCCC1)c1cncc(NCc2ccccc2F)c1. The summed E-state index contributed by atoms with van der Waals surface area (Å²) in [6.45, 7) is 0.977. The van der Waals surface area contributed by atoms with Crippen molar-refractivity contribution in [2.24, 2.45) is 0 Å². The Kier molecular flexibility index (Phi) is 6.36. The third kappa shape index (κ3) is 5.15. The van der Waals surface area contributed by atoms with Crippen molar-refractivity contribution in [3.8, 4) is 0 Å². The molecule has 2 N–H and O–H groups in total. The van der Waals surface area contributed by atoms with Gasteiger partial charge in [-0.1, -0.05) is 29.8 Å². The zero-order chi connectivity index (χ0) is 18.2. The van der Waals surface area contributed by atoms with Crippen LogP contribution in [-0.2, 0) is 6.54 Å². The van der Waals surface area contributed by atoms with Crippen LogP contribution in [0.5, 0.6) is 0 Å². The number of benzene rings is 1. The number of carbonyl (C=O) groups excluding carboxylic acids is 1. The minimum atomic E-state index is -0.251. The van der Waals surface area contributed by atoms with Crippen LogP contribution in [0.1, 0.15) is 48.0 Å². The topological polar surface area (TPSA) is 54.0 Å². The molecular formula is C21H24FN3O. The Labute approximate surface area is 153 Å². The maximum atomic E-state index is 13.7. The Hall–Kier alpha value is -2.69. The molecule has 4 nitrogen and oxygen atoms in total. The molecule has 0 unspecified atom stereocenters. The summed E-state index contributed by atoms with van der Waals surface area (Å²) >= 11 is 0. The highest BCUT2D eigenvalue weighted by Crippen LogP contribution is 2.19. The average molecular weight is 353 g/mol. The summed E-state index contributed by atoms with van der Waals surface area (Å²) in [4.78, 5) is 16.4. The van der Waals surface area contributed by atoms with E-state index >= 15 is 0 Å². The molecule has 0 radical (unpaired) electrons. The van der Waals surface area contributed by atoms with Crippen LogP contribution in [0.2, 0.25) is 0 Å². The Morgan fingerprint density at radius 1 is 1.19 bits per heavy atom. The molecule has 1 aliphatic carbocycles. The maximum absolute atomic E-state index is 13.7. The van der Waals surface area contributed by atoms with Gasteiger partial charge >= 0.3 is 0 Å². The molecule has 1 heterocycles. The lowest BCUT2D eigenvalue weighted by Gasteiger charge is -2.13. The van der Waals surface area contributed by atoms with E-state index in [1.807, 2.05) is 0 Å². The van der Waals surface area contributed by atoms with E-state index in [0.29, 0.717) is 29.9 Å². The predicted octanol–water partition coefficient (Wildman–Crippen LogP) is 4.45. The van der Waals surface area contributed by atoms with Gasteiger partial charge in [-0.05, 0) is 44.2 Å². The number of pyridine rings is 1. The van der Waals surface area contributed by atoms with E-state index in [4.69, 9.17) is 0 Å². The number of anilines is 1. The van der Waals surface area contributed by atoms with E-state index in [1.54, 1.807) is 36.7 Å². The number of nitrogens with one attached hydrogen (secondary N) is 2. The molecule has 26 heavy (non-hydrogen) atoms. The molecule has 0 spiro atoms. The molecule has 0 saturated heterocycles. The van der Waals surface area contributed by atoms with Gasteiger partial charge in [-0.3, -0.25) is 9.78 Å². The maximum Gasteiger partial charge on any atom is 0.252 e. The number of aromatic nitrogens is 1. The molecule has 1 aromatic carbocycles. The van der Waals surface area contributed by atoms with Crippen molar-refractivity contribution in [1.29, 1.82) is 0 Å². The van der Waals surface area contributed by atoms with Crippen LogP contribution in [0.4, 0.5) is 10.1 Å². The smallest absolute Gasteiger partial charge is 0.252 e. The number of carbonyl (C=O) groups is 1. The first-order valence-corrected chi connectivity index (χ1v) is 9.11. The molecule has 2 aromatic rings. The summed E-state index contributed by atoms with van der Waals surface area (Å²) in [6, 6.07) is 8.36. The highest BCUT2D eigenvalue weighted by atomic mass is 19.1. The van der Waals surface area contributed by atoms with Gasteiger partial charge in [0.1, 0.15) is 5.82 Å². The van der Waals surface area contributed by atoms with Gasteiger partial charge in [0.2, 0.25) is 0 Å². The number of nitrogens with zero attached hydrogens (tertiary/aromatic N) is 1. The van der Waals surface area contributed by atoms with Gasteiger partial charge in [-0.25, -0.2) is 4.39 Å². The van der Waals surface area contributed by atoms with E-state index in [2.05, 4.69) is 21.7 Å². The van der Waals surface area contributed by atoms with Gasteiger partial charge in [0.25, 0.3) is 5.91 Å². The van der Waals surface area contributed by atoms with Crippen LogP contribution >= 0.6 is 0 Å². The molecule has 0 bridgehead atoms. The Morgan fingerprint density at radius 3 is 2.88 bits per heavy atom. The quantitative estimate of drug-likeness (QED) is 0.723. The monoisotopic (exact) mass is 353 g/mol. The number of allylic oxidation sites excluding steroid dienone is 1. The molecule has 136 valence electrons. The van der Waals surface area contributed by atoms with Crippen LogP contribution in [-0.4, -0.2) is 17.4 Å². The Balaban J connectivity index is 1.52. The van der Waals surface area contributed by atoms with Crippen molar-refractivity contribution in [2.75, 3.05) is 11.9 Å². The third-order valence-corrected chi connectivity index (χ3v) is 4.56. The minimum Gasteiger partial charge on any atom is -0.380 e. The molecule has 0 fully saturated rings. The first-order chi connectivity index (χ1) is 12.7. The second-order valence-corrected chi connectivity index (χ2v) is 6.52. The van der Waals surface area contributed by atoms with Crippen molar-refractivity contribution < 1.29 is 9.18 Å². The number of hydrogen-bond acceptors (Lipinski definition) is 3. The highest BCUT2D eigenvalue weighted by Gasteiger charge is 2.09. The third-order valence-electron chi connectivity index (χ3n) is 4.56. The van der Waals surface area contributed by atoms with Gasteiger partial charge in [0.05, 0.1) is 11.3 Å². The lowest BCUT2D eigenvalue weighted by molar-refractivity contribution is 0.0953. The standard InChI is InChI=1S/C21H24FN3O/c22-20-9-5-4-8-17(20)14-25-19-12-18(13-23-15-19)21(26)24-11-10-16-6-2-1-3-7-16/h4-6,8-9,12-13,15,25H,1-3,7,10-11,14H2,(H,24,26). The normalized spacial score (nSPS) is 13.8. The summed E-state index contributed by atoms with van der Waals surface area (Å²) in [5, 5.41) is 6.06. The molecular weight excluding hydrogens is 329 g/mol. The number of halogens is 1. The molecule has 1 amide bonds. The van der Waals surface area contributed by atoms with Crippen molar-refractivity contribution >= 4 is 11.6 Å². The van der Waals surface area contributed by atoms with Gasteiger partial charge in [0.15, 0.2) is 0 Å². The molecule has 0 aliphatic heterocycles. The van der Waals surface area contributed by atoms with Crippen LogP contribution in [0, 0.1) is 5.82 Å². The fourth-order valence-corrected chi connectivity index (χ4v) is 3.07. The predicted molar refractivity (Wildman–Crippen MR) is 101 cm³/mol. The molecule has 3 rings (SSSR count).